The number of halogens is 1. The van der Waals surface area contributed by atoms with Crippen molar-refractivity contribution in [3.05, 3.63) is 59.0 Å². The minimum absolute atomic E-state index is 0.221. The summed E-state index contributed by atoms with van der Waals surface area (Å²) in [7, 11) is 0. The molecule has 1 aliphatic rings. The lowest BCUT2D eigenvalue weighted by molar-refractivity contribution is -0.0823. The Bertz CT molecular complexity index is 1090. The second-order valence-corrected chi connectivity index (χ2v) is 8.80. The van der Waals surface area contributed by atoms with Crippen LogP contribution in [0.5, 0.6) is 5.75 Å². The number of pyridine rings is 1. The molecule has 0 aliphatic carbocycles. The van der Waals surface area contributed by atoms with Crippen LogP contribution in [0.3, 0.4) is 0 Å². The number of ether oxygens (including phenoxy) is 2. The van der Waals surface area contributed by atoms with Crippen molar-refractivity contribution in [3.8, 4) is 16.9 Å². The molecule has 0 spiro atoms. The third kappa shape index (κ3) is 3.92. The molecule has 0 saturated heterocycles. The van der Waals surface area contributed by atoms with Gasteiger partial charge in [0, 0.05) is 22.2 Å². The topological polar surface area (TPSA) is 51.6 Å². The molecule has 0 saturated carbocycles. The second kappa shape index (κ2) is 7.97. The average Bonchev–Trinajstić information content (AvgIpc) is 2.70. The Morgan fingerprint density at radius 2 is 2.03 bits per heavy atom. The second-order valence-electron chi connectivity index (χ2n) is 8.80. The SMILES string of the molecule is Cc1nc2cccc(F)c2c(-c2ccc3c(c2)CCCO3)c1[C@@H](CO)OC(C)(C)C. The van der Waals surface area contributed by atoms with Crippen molar-refractivity contribution in [1.29, 1.82) is 0 Å². The summed E-state index contributed by atoms with van der Waals surface area (Å²) in [5.74, 6) is 0.546. The number of benzene rings is 2. The maximum atomic E-state index is 15.1. The largest absolute Gasteiger partial charge is 0.493 e. The number of aryl methyl sites for hydroxylation is 2. The molecule has 1 aromatic heterocycles. The number of rotatable bonds is 4. The van der Waals surface area contributed by atoms with E-state index in [4.69, 9.17) is 9.47 Å². The summed E-state index contributed by atoms with van der Waals surface area (Å²) in [4.78, 5) is 4.65. The van der Waals surface area contributed by atoms with E-state index >= 15 is 4.39 Å². The molecular formula is C25H28FNO3. The molecule has 3 aromatic rings. The van der Waals surface area contributed by atoms with Crippen LogP contribution in [0.15, 0.2) is 36.4 Å². The highest BCUT2D eigenvalue weighted by molar-refractivity contribution is 5.97. The zero-order valence-corrected chi connectivity index (χ0v) is 18.0. The third-order valence-electron chi connectivity index (χ3n) is 5.37. The maximum absolute atomic E-state index is 15.1. The van der Waals surface area contributed by atoms with Crippen molar-refractivity contribution in [1.82, 2.24) is 4.98 Å². The van der Waals surface area contributed by atoms with Crippen LogP contribution >= 0.6 is 0 Å². The smallest absolute Gasteiger partial charge is 0.133 e. The number of fused-ring (bicyclic) bond motifs is 2. The van der Waals surface area contributed by atoms with E-state index in [1.165, 1.54) is 6.07 Å². The van der Waals surface area contributed by atoms with Gasteiger partial charge in [-0.15, -0.1) is 0 Å². The summed E-state index contributed by atoms with van der Waals surface area (Å²) >= 11 is 0. The monoisotopic (exact) mass is 409 g/mol. The normalized spacial score (nSPS) is 15.0. The van der Waals surface area contributed by atoms with E-state index < -0.39 is 11.7 Å². The summed E-state index contributed by atoms with van der Waals surface area (Å²) in [5.41, 5.74) is 4.28. The van der Waals surface area contributed by atoms with Gasteiger partial charge < -0.3 is 14.6 Å². The molecule has 2 heterocycles. The van der Waals surface area contributed by atoms with Crippen molar-refractivity contribution in [2.24, 2.45) is 0 Å². The Kier molecular flexibility index (Phi) is 5.51. The number of aromatic nitrogens is 1. The third-order valence-corrected chi connectivity index (χ3v) is 5.37. The molecule has 158 valence electrons. The van der Waals surface area contributed by atoms with Crippen LogP contribution in [0.4, 0.5) is 4.39 Å². The van der Waals surface area contributed by atoms with Crippen LogP contribution < -0.4 is 4.74 Å². The van der Waals surface area contributed by atoms with Gasteiger partial charge in [0.05, 0.1) is 24.3 Å². The standard InChI is InChI=1S/C25H28FNO3/c1-15-22(21(14-28)30-25(2,3)4)23(24-18(26)8-5-9-19(24)27-15)17-10-11-20-16(13-17)7-6-12-29-20/h5,8-11,13,21,28H,6-7,12,14H2,1-4H3/t21-/m1/s1. The first-order valence-corrected chi connectivity index (χ1v) is 10.4. The minimum Gasteiger partial charge on any atom is -0.493 e. The maximum Gasteiger partial charge on any atom is 0.133 e. The van der Waals surface area contributed by atoms with Crippen molar-refractivity contribution in [2.45, 2.75) is 52.2 Å². The summed E-state index contributed by atoms with van der Waals surface area (Å²) < 4.78 is 27.1. The van der Waals surface area contributed by atoms with Gasteiger partial charge in [-0.2, -0.15) is 0 Å². The highest BCUT2D eigenvalue weighted by Gasteiger charge is 2.28. The highest BCUT2D eigenvalue weighted by atomic mass is 19.1. The van der Waals surface area contributed by atoms with Gasteiger partial charge in [-0.1, -0.05) is 12.1 Å². The van der Waals surface area contributed by atoms with Gasteiger partial charge in [0.25, 0.3) is 0 Å². The molecule has 30 heavy (non-hydrogen) atoms. The highest BCUT2D eigenvalue weighted by Crippen LogP contribution is 2.41. The minimum atomic E-state index is -0.621. The van der Waals surface area contributed by atoms with Crippen LogP contribution in [-0.2, 0) is 11.2 Å². The summed E-state index contributed by atoms with van der Waals surface area (Å²) in [5, 5.41) is 10.7. The molecule has 1 atom stereocenters. The molecule has 2 aromatic carbocycles. The quantitative estimate of drug-likeness (QED) is 0.616. The first-order valence-electron chi connectivity index (χ1n) is 10.4. The van der Waals surface area contributed by atoms with Crippen LogP contribution in [-0.4, -0.2) is 28.9 Å². The van der Waals surface area contributed by atoms with Gasteiger partial charge in [-0.3, -0.25) is 4.98 Å². The molecule has 4 rings (SSSR count). The predicted molar refractivity (Wildman–Crippen MR) is 116 cm³/mol. The summed E-state index contributed by atoms with van der Waals surface area (Å²) in [6.45, 7) is 8.21. The zero-order chi connectivity index (χ0) is 21.5. The molecule has 0 amide bonds. The first-order chi connectivity index (χ1) is 14.3. The molecule has 1 N–H and O–H groups in total. The molecular weight excluding hydrogens is 381 g/mol. The van der Waals surface area contributed by atoms with E-state index in [1.807, 2.05) is 45.9 Å². The first kappa shape index (κ1) is 20.8. The molecule has 0 radical (unpaired) electrons. The van der Waals surface area contributed by atoms with E-state index in [1.54, 1.807) is 6.07 Å². The molecule has 0 bridgehead atoms. The summed E-state index contributed by atoms with van der Waals surface area (Å²) in [6.07, 6.45) is 1.26. The Balaban J connectivity index is 2.02. The molecule has 0 fully saturated rings. The zero-order valence-electron chi connectivity index (χ0n) is 18.0. The van der Waals surface area contributed by atoms with Crippen molar-refractivity contribution >= 4 is 10.9 Å². The number of nitrogens with zero attached hydrogens (tertiary/aromatic N) is 1. The number of hydrogen-bond acceptors (Lipinski definition) is 4. The lowest BCUT2D eigenvalue weighted by Gasteiger charge is -2.30. The van der Waals surface area contributed by atoms with Crippen LogP contribution in [0, 0.1) is 12.7 Å². The van der Waals surface area contributed by atoms with Gasteiger partial charge in [0.2, 0.25) is 0 Å². The Labute approximate surface area is 176 Å². The number of hydrogen-bond donors (Lipinski definition) is 1. The molecule has 4 nitrogen and oxygen atoms in total. The van der Waals surface area contributed by atoms with Gasteiger partial charge >= 0.3 is 0 Å². The Hall–Kier alpha value is -2.50. The molecule has 1 aliphatic heterocycles. The van der Waals surface area contributed by atoms with Gasteiger partial charge in [0.1, 0.15) is 17.7 Å². The predicted octanol–water partition coefficient (Wildman–Crippen LogP) is 5.52. The van der Waals surface area contributed by atoms with Crippen molar-refractivity contribution < 1.29 is 19.0 Å². The van der Waals surface area contributed by atoms with E-state index in [0.29, 0.717) is 10.9 Å². The lowest BCUT2D eigenvalue weighted by atomic mass is 9.89. The van der Waals surface area contributed by atoms with E-state index in [9.17, 15) is 5.11 Å². The van der Waals surface area contributed by atoms with Gasteiger partial charge in [-0.25, -0.2) is 4.39 Å². The lowest BCUT2D eigenvalue weighted by Crippen LogP contribution is -2.25. The van der Waals surface area contributed by atoms with Crippen molar-refractivity contribution in [3.63, 3.8) is 0 Å². The van der Waals surface area contributed by atoms with Crippen LogP contribution in [0.25, 0.3) is 22.0 Å². The number of aliphatic hydroxyl groups is 1. The molecule has 5 heteroatoms. The van der Waals surface area contributed by atoms with Gasteiger partial charge in [0.15, 0.2) is 0 Å². The fraction of sp³-hybridized carbons (Fsp3) is 0.400. The Morgan fingerprint density at radius 3 is 2.77 bits per heavy atom. The number of aliphatic hydroxyl groups excluding tert-OH is 1. The van der Waals surface area contributed by atoms with Crippen LogP contribution in [0.1, 0.15) is 50.1 Å². The van der Waals surface area contributed by atoms with Gasteiger partial charge in [-0.05, 0) is 75.9 Å². The van der Waals surface area contributed by atoms with E-state index in [0.717, 1.165) is 53.1 Å². The molecule has 0 unspecified atom stereocenters. The average molecular weight is 410 g/mol. The Morgan fingerprint density at radius 1 is 1.23 bits per heavy atom. The van der Waals surface area contributed by atoms with Crippen molar-refractivity contribution in [2.75, 3.05) is 13.2 Å². The fourth-order valence-electron chi connectivity index (χ4n) is 4.23. The van der Waals surface area contributed by atoms with E-state index in [2.05, 4.69) is 11.1 Å². The fourth-order valence-corrected chi connectivity index (χ4v) is 4.23. The van der Waals surface area contributed by atoms with Crippen LogP contribution in [0.2, 0.25) is 0 Å². The summed E-state index contributed by atoms with van der Waals surface area (Å²) in [6, 6.07) is 10.9. The van der Waals surface area contributed by atoms with E-state index in [-0.39, 0.29) is 12.4 Å².